The van der Waals surface area contributed by atoms with Crippen LogP contribution in [0, 0.1) is 17.0 Å². The van der Waals surface area contributed by atoms with Crippen LogP contribution in [0.15, 0.2) is 12.1 Å². The van der Waals surface area contributed by atoms with E-state index in [1.165, 1.54) is 11.3 Å². The van der Waals surface area contributed by atoms with E-state index in [1.807, 2.05) is 33.9 Å². The predicted octanol–water partition coefficient (Wildman–Crippen LogP) is 3.22. The highest BCUT2D eigenvalue weighted by Gasteiger charge is 2.24. The van der Waals surface area contributed by atoms with Gasteiger partial charge in [0.1, 0.15) is 0 Å². The van der Waals surface area contributed by atoms with Gasteiger partial charge >= 0.3 is 0 Å². The number of likely N-dealkylation sites (N-methyl/N-ethyl adjacent to an activating group) is 1. The molecular weight excluding hydrogens is 262 g/mol. The number of nitrogens with zero attached hydrogens (tertiary/aromatic N) is 2. The molecule has 19 heavy (non-hydrogen) atoms. The summed E-state index contributed by atoms with van der Waals surface area (Å²) in [5.74, 6) is 0.0526. The standard InChI is InChI=1S/C13H17N3O2S/c1-7(8(2)14-4)10-5-11-13(19-9(3)15-11)6-12(10)16(17)18/h5-8,14H,1-4H3. The molecule has 2 aromatic rings. The van der Waals surface area contributed by atoms with E-state index in [9.17, 15) is 10.1 Å². The number of benzene rings is 1. The van der Waals surface area contributed by atoms with Gasteiger partial charge in [-0.05, 0) is 27.0 Å². The smallest absolute Gasteiger partial charge is 0.274 e. The van der Waals surface area contributed by atoms with Crippen LogP contribution in [0.2, 0.25) is 0 Å². The normalized spacial score (nSPS) is 14.5. The second-order valence-corrected chi connectivity index (χ2v) is 5.97. The van der Waals surface area contributed by atoms with Gasteiger partial charge in [0.15, 0.2) is 0 Å². The Balaban J connectivity index is 2.62. The molecule has 0 amide bonds. The van der Waals surface area contributed by atoms with Crippen molar-refractivity contribution in [2.75, 3.05) is 7.05 Å². The Morgan fingerprint density at radius 2 is 2.11 bits per heavy atom. The fourth-order valence-corrected chi connectivity index (χ4v) is 2.98. The molecule has 2 atom stereocenters. The Kier molecular flexibility index (Phi) is 3.82. The molecule has 6 heteroatoms. The molecule has 1 aromatic heterocycles. The van der Waals surface area contributed by atoms with Crippen molar-refractivity contribution in [3.63, 3.8) is 0 Å². The zero-order chi connectivity index (χ0) is 14.2. The Labute approximate surface area is 115 Å². The van der Waals surface area contributed by atoms with Gasteiger partial charge in [-0.25, -0.2) is 4.98 Å². The topological polar surface area (TPSA) is 68.1 Å². The van der Waals surface area contributed by atoms with Gasteiger partial charge in [-0.2, -0.15) is 0 Å². The molecule has 1 heterocycles. The maximum Gasteiger partial charge on any atom is 0.274 e. The summed E-state index contributed by atoms with van der Waals surface area (Å²) in [5, 5.41) is 15.3. The van der Waals surface area contributed by atoms with Crippen LogP contribution in [0.3, 0.4) is 0 Å². The molecule has 102 valence electrons. The maximum atomic E-state index is 11.3. The summed E-state index contributed by atoms with van der Waals surface area (Å²) in [6.07, 6.45) is 0. The molecule has 0 spiro atoms. The fourth-order valence-electron chi connectivity index (χ4n) is 2.14. The van der Waals surface area contributed by atoms with Crippen LogP contribution < -0.4 is 5.32 Å². The highest BCUT2D eigenvalue weighted by atomic mass is 32.1. The Bertz CT molecular complexity index is 624. The molecule has 0 aliphatic rings. The summed E-state index contributed by atoms with van der Waals surface area (Å²) in [6, 6.07) is 3.67. The van der Waals surface area contributed by atoms with Crippen LogP contribution in [-0.4, -0.2) is 23.0 Å². The molecule has 2 rings (SSSR count). The van der Waals surface area contributed by atoms with E-state index in [0.717, 1.165) is 20.8 Å². The van der Waals surface area contributed by atoms with Gasteiger partial charge in [-0.3, -0.25) is 10.1 Å². The molecule has 0 fully saturated rings. The Morgan fingerprint density at radius 1 is 1.42 bits per heavy atom. The highest BCUT2D eigenvalue weighted by Crippen LogP contribution is 2.34. The lowest BCUT2D eigenvalue weighted by molar-refractivity contribution is -0.385. The van der Waals surface area contributed by atoms with Gasteiger partial charge in [-0.1, -0.05) is 6.92 Å². The van der Waals surface area contributed by atoms with Gasteiger partial charge in [-0.15, -0.1) is 11.3 Å². The molecule has 0 aliphatic heterocycles. The second kappa shape index (κ2) is 5.22. The molecule has 0 aliphatic carbocycles. The van der Waals surface area contributed by atoms with E-state index in [0.29, 0.717) is 0 Å². The van der Waals surface area contributed by atoms with Gasteiger partial charge in [0, 0.05) is 23.6 Å². The molecule has 0 radical (unpaired) electrons. The third-order valence-electron chi connectivity index (χ3n) is 3.54. The highest BCUT2D eigenvalue weighted by molar-refractivity contribution is 7.18. The molecule has 1 aromatic carbocycles. The second-order valence-electron chi connectivity index (χ2n) is 4.73. The van der Waals surface area contributed by atoms with Crippen molar-refractivity contribution in [1.82, 2.24) is 10.3 Å². The fraction of sp³-hybridized carbons (Fsp3) is 0.462. The first kappa shape index (κ1) is 13.9. The van der Waals surface area contributed by atoms with Crippen molar-refractivity contribution in [1.29, 1.82) is 0 Å². The van der Waals surface area contributed by atoms with Crippen molar-refractivity contribution in [2.45, 2.75) is 32.7 Å². The van der Waals surface area contributed by atoms with E-state index in [4.69, 9.17) is 0 Å². The average Bonchev–Trinajstić information content (AvgIpc) is 2.74. The van der Waals surface area contributed by atoms with Crippen molar-refractivity contribution in [3.05, 3.63) is 32.8 Å². The summed E-state index contributed by atoms with van der Waals surface area (Å²) in [6.45, 7) is 5.93. The molecule has 1 N–H and O–H groups in total. The lowest BCUT2D eigenvalue weighted by Gasteiger charge is -2.19. The van der Waals surface area contributed by atoms with Crippen LogP contribution in [0.5, 0.6) is 0 Å². The molecule has 0 saturated heterocycles. The zero-order valence-corrected chi connectivity index (χ0v) is 12.2. The summed E-state index contributed by atoms with van der Waals surface area (Å²) < 4.78 is 0.872. The van der Waals surface area contributed by atoms with Crippen LogP contribution >= 0.6 is 11.3 Å². The van der Waals surface area contributed by atoms with Crippen LogP contribution in [0.25, 0.3) is 10.2 Å². The molecule has 0 saturated carbocycles. The van der Waals surface area contributed by atoms with Crippen molar-refractivity contribution < 1.29 is 4.92 Å². The summed E-state index contributed by atoms with van der Waals surface area (Å²) >= 11 is 1.49. The third-order valence-corrected chi connectivity index (χ3v) is 4.47. The number of rotatable bonds is 4. The predicted molar refractivity (Wildman–Crippen MR) is 77.9 cm³/mol. The van der Waals surface area contributed by atoms with Crippen LogP contribution in [-0.2, 0) is 0 Å². The van der Waals surface area contributed by atoms with E-state index < -0.39 is 0 Å². The van der Waals surface area contributed by atoms with E-state index in [2.05, 4.69) is 10.3 Å². The Hall–Kier alpha value is -1.53. The minimum Gasteiger partial charge on any atom is -0.317 e. The van der Waals surface area contributed by atoms with Crippen LogP contribution in [0.4, 0.5) is 5.69 Å². The van der Waals surface area contributed by atoms with Crippen molar-refractivity contribution in [2.24, 2.45) is 0 Å². The van der Waals surface area contributed by atoms with E-state index >= 15 is 0 Å². The lowest BCUT2D eigenvalue weighted by Crippen LogP contribution is -2.27. The molecule has 0 bridgehead atoms. The number of hydrogen-bond acceptors (Lipinski definition) is 5. The molecule has 2 unspecified atom stereocenters. The van der Waals surface area contributed by atoms with Gasteiger partial charge in [0.05, 0.1) is 20.1 Å². The maximum absolute atomic E-state index is 11.3. The monoisotopic (exact) mass is 279 g/mol. The number of nitrogens with one attached hydrogen (secondary N) is 1. The first-order valence-electron chi connectivity index (χ1n) is 6.16. The van der Waals surface area contributed by atoms with Gasteiger partial charge < -0.3 is 5.32 Å². The van der Waals surface area contributed by atoms with Crippen molar-refractivity contribution in [3.8, 4) is 0 Å². The largest absolute Gasteiger partial charge is 0.317 e. The average molecular weight is 279 g/mol. The zero-order valence-electron chi connectivity index (χ0n) is 11.4. The van der Waals surface area contributed by atoms with Crippen molar-refractivity contribution >= 4 is 27.2 Å². The molecular formula is C13H17N3O2S. The number of nitro benzene ring substituents is 1. The van der Waals surface area contributed by atoms with Gasteiger partial charge in [0.2, 0.25) is 0 Å². The van der Waals surface area contributed by atoms with Gasteiger partial charge in [0.25, 0.3) is 5.69 Å². The molecule has 5 nitrogen and oxygen atoms in total. The summed E-state index contributed by atoms with van der Waals surface area (Å²) in [7, 11) is 1.86. The quantitative estimate of drug-likeness (QED) is 0.689. The number of nitro groups is 1. The minimum absolute atomic E-state index is 0.0526. The lowest BCUT2D eigenvalue weighted by atomic mass is 9.93. The summed E-state index contributed by atoms with van der Waals surface area (Å²) in [5.41, 5.74) is 1.77. The number of thiazole rings is 1. The first-order valence-corrected chi connectivity index (χ1v) is 6.98. The minimum atomic E-state index is -0.303. The summed E-state index contributed by atoms with van der Waals surface area (Å²) in [4.78, 5) is 15.4. The number of hydrogen-bond donors (Lipinski definition) is 1. The SMILES string of the molecule is CNC(C)C(C)c1cc2nc(C)sc2cc1[N+](=O)[O-]. The first-order chi connectivity index (χ1) is 8.93. The third kappa shape index (κ3) is 2.59. The number of aryl methyl sites for hydroxylation is 1. The van der Waals surface area contributed by atoms with E-state index in [-0.39, 0.29) is 22.6 Å². The van der Waals surface area contributed by atoms with E-state index in [1.54, 1.807) is 6.07 Å². The number of fused-ring (bicyclic) bond motifs is 1. The Morgan fingerprint density at radius 3 is 2.68 bits per heavy atom. The van der Waals surface area contributed by atoms with Crippen LogP contribution in [0.1, 0.15) is 30.3 Å². The number of aromatic nitrogens is 1.